The molecule has 0 bridgehead atoms. The van der Waals surface area contributed by atoms with Crippen LogP contribution in [0.4, 0.5) is 14.5 Å². The maximum Gasteiger partial charge on any atom is 0.387 e. The number of anilines is 1. The first kappa shape index (κ1) is 20.2. The van der Waals surface area contributed by atoms with Gasteiger partial charge in [-0.25, -0.2) is 10.0 Å². The highest BCUT2D eigenvalue weighted by molar-refractivity contribution is 6.39. The molecule has 1 N–H and O–H groups in total. The highest BCUT2D eigenvalue weighted by Crippen LogP contribution is 2.18. The number of hydrogen-bond donors (Lipinski definition) is 1. The fourth-order valence-electron chi connectivity index (χ4n) is 2.80. The summed E-state index contributed by atoms with van der Waals surface area (Å²) in [4.78, 5) is 30.8. The Morgan fingerprint density at radius 3 is 2.48 bits per heavy atom. The summed E-state index contributed by atoms with van der Waals surface area (Å²) in [6, 6.07) is 14.2. The smallest absolute Gasteiger partial charge is 0.387 e. The number of amidine groups is 1. The van der Waals surface area contributed by atoms with Crippen molar-refractivity contribution in [1.29, 1.82) is 0 Å². The minimum Gasteiger partial charge on any atom is -0.435 e. The van der Waals surface area contributed by atoms with Crippen molar-refractivity contribution in [2.24, 2.45) is 4.99 Å². The summed E-state index contributed by atoms with van der Waals surface area (Å²) in [5.41, 5.74) is 4.11. The number of hydrazine groups is 1. The number of rotatable bonds is 6. The van der Waals surface area contributed by atoms with E-state index in [-0.39, 0.29) is 24.0 Å². The number of alkyl halides is 2. The van der Waals surface area contributed by atoms with Crippen molar-refractivity contribution in [1.82, 2.24) is 10.3 Å². The summed E-state index contributed by atoms with van der Waals surface area (Å²) in [6.45, 7) is -1.05. The van der Waals surface area contributed by atoms with Gasteiger partial charge in [-0.05, 0) is 36.8 Å². The van der Waals surface area contributed by atoms with Crippen molar-refractivity contribution in [3.05, 3.63) is 60.2 Å². The van der Waals surface area contributed by atoms with E-state index in [2.05, 4.69) is 15.2 Å². The molecule has 3 rings (SSSR count). The van der Waals surface area contributed by atoms with E-state index in [1.165, 1.54) is 22.0 Å². The number of ether oxygens (including phenoxy) is 1. The van der Waals surface area contributed by atoms with E-state index in [4.69, 9.17) is 0 Å². The molecule has 29 heavy (non-hydrogen) atoms. The predicted octanol–water partition coefficient (Wildman–Crippen LogP) is 2.58. The molecule has 0 saturated heterocycles. The van der Waals surface area contributed by atoms with Gasteiger partial charge in [0.1, 0.15) is 11.8 Å². The van der Waals surface area contributed by atoms with Crippen molar-refractivity contribution < 1.29 is 23.1 Å². The van der Waals surface area contributed by atoms with Crippen LogP contribution in [0.3, 0.4) is 0 Å². The van der Waals surface area contributed by atoms with Crippen molar-refractivity contribution in [2.75, 3.05) is 12.1 Å². The second-order valence-corrected chi connectivity index (χ2v) is 6.46. The lowest BCUT2D eigenvalue weighted by Crippen LogP contribution is -2.58. The molecule has 0 spiro atoms. The van der Waals surface area contributed by atoms with Gasteiger partial charge in [0, 0.05) is 13.6 Å². The molecule has 9 heteroatoms. The molecule has 1 heterocycles. The Balaban J connectivity index is 1.70. The first-order chi connectivity index (χ1) is 13.8. The van der Waals surface area contributed by atoms with E-state index in [1.54, 1.807) is 50.4 Å². The number of carbonyl (C=O) groups excluding carboxylic acids is 2. The lowest BCUT2D eigenvalue weighted by Gasteiger charge is -2.31. The lowest BCUT2D eigenvalue weighted by molar-refractivity contribution is -0.124. The topological polar surface area (TPSA) is 74.2 Å². The SMILES string of the molecule is C[C@@H]1N=C(C(=O)N(C)Cc2ccc(OC(F)F)cc2)NN(c2ccccc2)C1=O. The Hall–Kier alpha value is -3.49. The highest BCUT2D eigenvalue weighted by Gasteiger charge is 2.31. The summed E-state index contributed by atoms with van der Waals surface area (Å²) in [5.74, 6) is -0.591. The molecule has 2 aromatic rings. The van der Waals surface area contributed by atoms with E-state index < -0.39 is 18.6 Å². The quantitative estimate of drug-likeness (QED) is 0.806. The van der Waals surface area contributed by atoms with Crippen LogP contribution in [0.5, 0.6) is 5.75 Å². The average Bonchev–Trinajstić information content (AvgIpc) is 2.71. The highest BCUT2D eigenvalue weighted by atomic mass is 19.3. The summed E-state index contributed by atoms with van der Waals surface area (Å²) in [5, 5.41) is 1.30. The second kappa shape index (κ2) is 8.68. The molecule has 0 radical (unpaired) electrons. The molecule has 152 valence electrons. The van der Waals surface area contributed by atoms with Gasteiger partial charge >= 0.3 is 6.61 Å². The van der Waals surface area contributed by atoms with Crippen LogP contribution >= 0.6 is 0 Å². The van der Waals surface area contributed by atoms with E-state index >= 15 is 0 Å². The van der Waals surface area contributed by atoms with Gasteiger partial charge in [0.25, 0.3) is 11.8 Å². The molecule has 1 aliphatic rings. The van der Waals surface area contributed by atoms with Crippen molar-refractivity contribution in [2.45, 2.75) is 26.1 Å². The van der Waals surface area contributed by atoms with Crippen LogP contribution < -0.4 is 15.2 Å². The first-order valence-corrected chi connectivity index (χ1v) is 8.88. The summed E-state index contributed by atoms with van der Waals surface area (Å²) >= 11 is 0. The fourth-order valence-corrected chi connectivity index (χ4v) is 2.80. The number of amides is 2. The fraction of sp³-hybridized carbons (Fsp3) is 0.250. The molecule has 0 aliphatic carbocycles. The molecule has 0 fully saturated rings. The van der Waals surface area contributed by atoms with Crippen LogP contribution in [0.2, 0.25) is 0 Å². The monoisotopic (exact) mass is 402 g/mol. The second-order valence-electron chi connectivity index (χ2n) is 6.46. The van der Waals surface area contributed by atoms with Crippen molar-refractivity contribution in [3.63, 3.8) is 0 Å². The molecular weight excluding hydrogens is 382 g/mol. The number of aliphatic imine (C=N–C) groups is 1. The number of carbonyl (C=O) groups is 2. The van der Waals surface area contributed by atoms with Crippen LogP contribution in [0.25, 0.3) is 0 Å². The van der Waals surface area contributed by atoms with Crippen molar-refractivity contribution >= 4 is 23.3 Å². The predicted molar refractivity (Wildman–Crippen MR) is 104 cm³/mol. The zero-order chi connectivity index (χ0) is 21.0. The Morgan fingerprint density at radius 2 is 1.86 bits per heavy atom. The van der Waals surface area contributed by atoms with Gasteiger partial charge < -0.3 is 9.64 Å². The third-order valence-electron chi connectivity index (χ3n) is 4.25. The lowest BCUT2D eigenvalue weighted by atomic mass is 10.2. The molecule has 0 saturated carbocycles. The van der Waals surface area contributed by atoms with E-state index in [1.807, 2.05) is 6.07 Å². The van der Waals surface area contributed by atoms with Crippen molar-refractivity contribution in [3.8, 4) is 5.75 Å². The van der Waals surface area contributed by atoms with Gasteiger partial charge in [-0.3, -0.25) is 15.0 Å². The van der Waals surface area contributed by atoms with Gasteiger partial charge in [0.15, 0.2) is 0 Å². The van der Waals surface area contributed by atoms with Crippen LogP contribution in [-0.4, -0.2) is 42.3 Å². The Morgan fingerprint density at radius 1 is 1.21 bits per heavy atom. The molecule has 1 aliphatic heterocycles. The molecule has 7 nitrogen and oxygen atoms in total. The molecule has 0 aromatic heterocycles. The largest absolute Gasteiger partial charge is 0.435 e. The van der Waals surface area contributed by atoms with Crippen LogP contribution in [0.15, 0.2) is 59.6 Å². The number of para-hydroxylation sites is 1. The Bertz CT molecular complexity index is 904. The molecule has 2 amide bonds. The zero-order valence-electron chi connectivity index (χ0n) is 15.9. The summed E-state index contributed by atoms with van der Waals surface area (Å²) in [6.07, 6.45) is 0. The van der Waals surface area contributed by atoms with Gasteiger partial charge in [-0.2, -0.15) is 8.78 Å². The Labute approximate surface area is 166 Å². The maximum absolute atomic E-state index is 12.8. The minimum atomic E-state index is -2.89. The van der Waals surface area contributed by atoms with Gasteiger partial charge in [0.2, 0.25) is 5.84 Å². The number of nitrogens with one attached hydrogen (secondary N) is 1. The summed E-state index contributed by atoms with van der Waals surface area (Å²) in [7, 11) is 1.59. The number of nitrogens with zero attached hydrogens (tertiary/aromatic N) is 3. The van der Waals surface area contributed by atoms with Crippen LogP contribution in [0.1, 0.15) is 12.5 Å². The maximum atomic E-state index is 12.8. The van der Waals surface area contributed by atoms with Crippen LogP contribution in [-0.2, 0) is 16.1 Å². The third kappa shape index (κ3) is 4.87. The number of benzene rings is 2. The Kier molecular flexibility index (Phi) is 6.06. The number of likely N-dealkylation sites (N-methyl/N-ethyl adjacent to an activating group) is 1. The van der Waals surface area contributed by atoms with Gasteiger partial charge in [0.05, 0.1) is 5.69 Å². The number of halogens is 2. The average molecular weight is 402 g/mol. The van der Waals surface area contributed by atoms with Gasteiger partial charge in [-0.1, -0.05) is 30.3 Å². The molecule has 1 atom stereocenters. The standard InChI is InChI=1S/C20H20F2N4O3/c1-13-18(27)26(15-6-4-3-5-7-15)24-17(23-13)19(28)25(2)12-14-8-10-16(11-9-14)29-20(21)22/h3-11,13,20H,12H2,1-2H3,(H,23,24)/t13-/m0/s1. The number of hydrogen-bond acceptors (Lipinski definition) is 5. The van der Waals surface area contributed by atoms with Crippen LogP contribution in [0, 0.1) is 0 Å². The minimum absolute atomic E-state index is 0.0427. The first-order valence-electron chi connectivity index (χ1n) is 8.88. The van der Waals surface area contributed by atoms with E-state index in [0.717, 1.165) is 5.56 Å². The third-order valence-corrected chi connectivity index (χ3v) is 4.25. The van der Waals surface area contributed by atoms with E-state index in [9.17, 15) is 18.4 Å². The zero-order valence-corrected chi connectivity index (χ0v) is 15.9. The van der Waals surface area contributed by atoms with E-state index in [0.29, 0.717) is 5.69 Å². The van der Waals surface area contributed by atoms with Gasteiger partial charge in [-0.15, -0.1) is 0 Å². The summed E-state index contributed by atoms with van der Waals surface area (Å²) < 4.78 is 28.8. The molecule has 2 aromatic carbocycles. The normalized spacial score (nSPS) is 16.3. The molecule has 0 unspecified atom stereocenters. The molecular formula is C20H20F2N4O3.